The van der Waals surface area contributed by atoms with Crippen molar-refractivity contribution in [2.75, 3.05) is 7.11 Å². The molecule has 0 spiro atoms. The quantitative estimate of drug-likeness (QED) is 0.585. The fraction of sp³-hybridized carbons (Fsp3) is 0.174. The standard InChI is InChI=1S/C23H22O2/c1-17-12-14-18(15-13-17)19-8-7-9-20(16-19)22(24)23(2,25-3)21-10-5-4-6-11-21/h4-16H,1-3H3. The number of benzene rings is 3. The molecule has 2 heteroatoms. The molecule has 126 valence electrons. The number of methoxy groups -OCH3 is 1. The zero-order valence-electron chi connectivity index (χ0n) is 14.8. The van der Waals surface area contributed by atoms with Crippen LogP contribution in [0.25, 0.3) is 11.1 Å². The molecule has 0 saturated heterocycles. The van der Waals surface area contributed by atoms with Crippen LogP contribution in [0.2, 0.25) is 0 Å². The van der Waals surface area contributed by atoms with Gasteiger partial charge in [-0.25, -0.2) is 0 Å². The van der Waals surface area contributed by atoms with Crippen molar-refractivity contribution >= 4 is 5.78 Å². The van der Waals surface area contributed by atoms with E-state index in [0.29, 0.717) is 5.56 Å². The highest BCUT2D eigenvalue weighted by molar-refractivity contribution is 6.03. The van der Waals surface area contributed by atoms with Crippen molar-refractivity contribution in [3.63, 3.8) is 0 Å². The first kappa shape index (κ1) is 17.1. The molecule has 0 bridgehead atoms. The largest absolute Gasteiger partial charge is 0.366 e. The zero-order valence-corrected chi connectivity index (χ0v) is 14.8. The second-order valence-electron chi connectivity index (χ2n) is 6.38. The normalized spacial score (nSPS) is 13.2. The molecule has 3 aromatic carbocycles. The van der Waals surface area contributed by atoms with Gasteiger partial charge < -0.3 is 4.74 Å². The van der Waals surface area contributed by atoms with Crippen LogP contribution in [0.3, 0.4) is 0 Å². The fourth-order valence-corrected chi connectivity index (χ4v) is 2.96. The fourth-order valence-electron chi connectivity index (χ4n) is 2.96. The van der Waals surface area contributed by atoms with Gasteiger partial charge in [0, 0.05) is 12.7 Å². The van der Waals surface area contributed by atoms with Gasteiger partial charge in [-0.05, 0) is 36.6 Å². The van der Waals surface area contributed by atoms with Crippen molar-refractivity contribution in [2.24, 2.45) is 0 Å². The Morgan fingerprint density at radius 1 is 0.840 bits per heavy atom. The maximum Gasteiger partial charge on any atom is 0.198 e. The average Bonchev–Trinajstić information content (AvgIpc) is 2.68. The second kappa shape index (κ2) is 7.04. The van der Waals surface area contributed by atoms with Crippen LogP contribution in [0, 0.1) is 6.92 Å². The predicted molar refractivity (Wildman–Crippen MR) is 102 cm³/mol. The van der Waals surface area contributed by atoms with Crippen LogP contribution in [-0.4, -0.2) is 12.9 Å². The third kappa shape index (κ3) is 3.40. The van der Waals surface area contributed by atoms with Gasteiger partial charge in [-0.3, -0.25) is 4.79 Å². The Kier molecular flexibility index (Phi) is 4.82. The summed E-state index contributed by atoms with van der Waals surface area (Å²) >= 11 is 0. The summed E-state index contributed by atoms with van der Waals surface area (Å²) in [6.07, 6.45) is 0. The van der Waals surface area contributed by atoms with Gasteiger partial charge in [0.05, 0.1) is 0 Å². The Hall–Kier alpha value is -2.71. The lowest BCUT2D eigenvalue weighted by atomic mass is 9.86. The summed E-state index contributed by atoms with van der Waals surface area (Å²) < 4.78 is 5.65. The van der Waals surface area contributed by atoms with Crippen LogP contribution in [-0.2, 0) is 10.3 Å². The molecule has 0 aliphatic rings. The smallest absolute Gasteiger partial charge is 0.198 e. The van der Waals surface area contributed by atoms with Crippen LogP contribution in [0.15, 0.2) is 78.9 Å². The van der Waals surface area contributed by atoms with Gasteiger partial charge in [-0.15, -0.1) is 0 Å². The summed E-state index contributed by atoms with van der Waals surface area (Å²) in [6, 6.07) is 25.6. The van der Waals surface area contributed by atoms with E-state index in [-0.39, 0.29) is 5.78 Å². The van der Waals surface area contributed by atoms with Crippen LogP contribution in [0.4, 0.5) is 0 Å². The SMILES string of the molecule is COC(C)(C(=O)c1cccc(-c2ccc(C)cc2)c1)c1ccccc1. The van der Waals surface area contributed by atoms with Gasteiger partial charge in [0.15, 0.2) is 11.4 Å². The lowest BCUT2D eigenvalue weighted by Crippen LogP contribution is -2.34. The Morgan fingerprint density at radius 3 is 2.16 bits per heavy atom. The first-order chi connectivity index (χ1) is 12.0. The van der Waals surface area contributed by atoms with Crippen molar-refractivity contribution in [2.45, 2.75) is 19.4 Å². The minimum Gasteiger partial charge on any atom is -0.366 e. The summed E-state index contributed by atoms with van der Waals surface area (Å²) in [4.78, 5) is 13.2. The summed E-state index contributed by atoms with van der Waals surface area (Å²) in [7, 11) is 1.58. The molecule has 3 rings (SSSR count). The van der Waals surface area contributed by atoms with Crippen molar-refractivity contribution < 1.29 is 9.53 Å². The van der Waals surface area contributed by atoms with E-state index in [1.54, 1.807) is 7.11 Å². The van der Waals surface area contributed by atoms with Gasteiger partial charge in [-0.2, -0.15) is 0 Å². The van der Waals surface area contributed by atoms with Gasteiger partial charge in [0.1, 0.15) is 0 Å². The van der Waals surface area contributed by atoms with Gasteiger partial charge in [-0.1, -0.05) is 78.4 Å². The van der Waals surface area contributed by atoms with Crippen molar-refractivity contribution in [3.8, 4) is 11.1 Å². The summed E-state index contributed by atoms with van der Waals surface area (Å²) in [5, 5.41) is 0. The Bertz CT molecular complexity index is 866. The zero-order chi connectivity index (χ0) is 17.9. The molecule has 0 amide bonds. The highest BCUT2D eigenvalue weighted by Gasteiger charge is 2.35. The number of aryl methyl sites for hydroxylation is 1. The number of ketones is 1. The molecule has 0 aliphatic heterocycles. The third-order valence-corrected chi connectivity index (χ3v) is 4.68. The molecule has 1 atom stereocenters. The number of hydrogen-bond donors (Lipinski definition) is 0. The van der Waals surface area contributed by atoms with Gasteiger partial charge >= 0.3 is 0 Å². The molecule has 0 radical (unpaired) electrons. The van der Waals surface area contributed by atoms with Crippen LogP contribution in [0.5, 0.6) is 0 Å². The Morgan fingerprint density at radius 2 is 1.52 bits per heavy atom. The molecule has 0 saturated carbocycles. The molecule has 2 nitrogen and oxygen atoms in total. The van der Waals surface area contributed by atoms with Crippen molar-refractivity contribution in [3.05, 3.63) is 95.6 Å². The van der Waals surface area contributed by atoms with E-state index < -0.39 is 5.60 Å². The summed E-state index contributed by atoms with van der Waals surface area (Å²) in [6.45, 7) is 3.89. The molecule has 0 N–H and O–H groups in total. The number of hydrogen-bond acceptors (Lipinski definition) is 2. The molecule has 25 heavy (non-hydrogen) atoms. The second-order valence-corrected chi connectivity index (χ2v) is 6.38. The maximum atomic E-state index is 13.2. The highest BCUT2D eigenvalue weighted by atomic mass is 16.5. The molecule has 3 aromatic rings. The summed E-state index contributed by atoms with van der Waals surface area (Å²) in [5.41, 5.74) is 3.82. The van der Waals surface area contributed by atoms with E-state index >= 15 is 0 Å². The molecule has 0 aromatic heterocycles. The third-order valence-electron chi connectivity index (χ3n) is 4.68. The number of carbonyl (C=O) groups is 1. The lowest BCUT2D eigenvalue weighted by molar-refractivity contribution is 0.0102. The van der Waals surface area contributed by atoms with Gasteiger partial charge in [0.2, 0.25) is 0 Å². The Balaban J connectivity index is 2.00. The van der Waals surface area contributed by atoms with Crippen LogP contribution < -0.4 is 0 Å². The molecule has 1 unspecified atom stereocenters. The number of ether oxygens (including phenoxy) is 1. The van der Waals surface area contributed by atoms with Crippen LogP contribution >= 0.6 is 0 Å². The minimum absolute atomic E-state index is 0.0461. The molecular weight excluding hydrogens is 308 g/mol. The molecule has 0 fully saturated rings. The number of rotatable bonds is 5. The average molecular weight is 330 g/mol. The lowest BCUT2D eigenvalue weighted by Gasteiger charge is -2.27. The van der Waals surface area contributed by atoms with E-state index in [9.17, 15) is 4.79 Å². The number of carbonyl (C=O) groups excluding carboxylic acids is 1. The van der Waals surface area contributed by atoms with Crippen LogP contribution in [0.1, 0.15) is 28.4 Å². The van der Waals surface area contributed by atoms with E-state index in [0.717, 1.165) is 16.7 Å². The topological polar surface area (TPSA) is 26.3 Å². The first-order valence-corrected chi connectivity index (χ1v) is 8.37. The van der Waals surface area contributed by atoms with E-state index in [1.165, 1.54) is 5.56 Å². The molecule has 0 aliphatic carbocycles. The maximum absolute atomic E-state index is 13.2. The highest BCUT2D eigenvalue weighted by Crippen LogP contribution is 2.30. The minimum atomic E-state index is -1.01. The first-order valence-electron chi connectivity index (χ1n) is 8.37. The van der Waals surface area contributed by atoms with E-state index in [1.807, 2.05) is 61.5 Å². The van der Waals surface area contributed by atoms with Gasteiger partial charge in [0.25, 0.3) is 0 Å². The monoisotopic (exact) mass is 330 g/mol. The summed E-state index contributed by atoms with van der Waals surface area (Å²) in [5.74, 6) is -0.0461. The van der Waals surface area contributed by atoms with Crippen molar-refractivity contribution in [1.82, 2.24) is 0 Å². The Labute approximate surface area is 149 Å². The van der Waals surface area contributed by atoms with E-state index in [2.05, 4.69) is 31.2 Å². The number of Topliss-reactive ketones (excluding diaryl/α,β-unsaturated/α-hetero) is 1. The molecular formula is C23H22O2. The van der Waals surface area contributed by atoms with Crippen molar-refractivity contribution in [1.29, 1.82) is 0 Å². The molecule has 0 heterocycles. The van der Waals surface area contributed by atoms with E-state index in [4.69, 9.17) is 4.74 Å². The predicted octanol–water partition coefficient (Wildman–Crippen LogP) is 5.41.